The molecule has 0 saturated carbocycles. The maximum atomic E-state index is 12.9. The number of carbonyl (C=O) groups excluding carboxylic acids is 1. The molecule has 0 radical (unpaired) electrons. The fourth-order valence-electron chi connectivity index (χ4n) is 1.55. The zero-order chi connectivity index (χ0) is 11.7. The van der Waals surface area contributed by atoms with Gasteiger partial charge in [0.15, 0.2) is 0 Å². The van der Waals surface area contributed by atoms with Crippen LogP contribution < -0.4 is 5.32 Å². The molecule has 1 aliphatic heterocycles. The fourth-order valence-corrected chi connectivity index (χ4v) is 1.73. The molecular weight excluding hydrogens is 231 g/mol. The van der Waals surface area contributed by atoms with E-state index in [0.29, 0.717) is 5.56 Å². The Morgan fingerprint density at radius 3 is 2.75 bits per heavy atom. The zero-order valence-corrected chi connectivity index (χ0v) is 9.59. The SMILES string of the molecule is CN(C(=O)c1ccc(F)c(Cl)c1)C1CNC1. The molecule has 3 nitrogen and oxygen atoms in total. The molecule has 1 heterocycles. The summed E-state index contributed by atoms with van der Waals surface area (Å²) in [7, 11) is 1.74. The summed E-state index contributed by atoms with van der Waals surface area (Å²) in [6.07, 6.45) is 0. The number of nitrogens with one attached hydrogen (secondary N) is 1. The minimum atomic E-state index is -0.508. The summed E-state index contributed by atoms with van der Waals surface area (Å²) in [6.45, 7) is 1.61. The van der Waals surface area contributed by atoms with Gasteiger partial charge in [0, 0.05) is 25.7 Å². The number of rotatable bonds is 2. The molecule has 1 aromatic rings. The second-order valence-corrected chi connectivity index (χ2v) is 4.26. The summed E-state index contributed by atoms with van der Waals surface area (Å²) in [5.41, 5.74) is 0.417. The molecule has 0 atom stereocenters. The van der Waals surface area contributed by atoms with Crippen LogP contribution in [-0.2, 0) is 0 Å². The molecule has 86 valence electrons. The maximum Gasteiger partial charge on any atom is 0.253 e. The molecule has 16 heavy (non-hydrogen) atoms. The van der Waals surface area contributed by atoms with Crippen LogP contribution in [0.4, 0.5) is 4.39 Å². The number of amides is 1. The largest absolute Gasteiger partial charge is 0.336 e. The highest BCUT2D eigenvalue weighted by Crippen LogP contribution is 2.18. The third kappa shape index (κ3) is 2.03. The molecule has 1 N–H and O–H groups in total. The van der Waals surface area contributed by atoms with E-state index in [1.165, 1.54) is 18.2 Å². The Bertz CT molecular complexity index is 420. The van der Waals surface area contributed by atoms with Crippen molar-refractivity contribution in [2.45, 2.75) is 6.04 Å². The van der Waals surface area contributed by atoms with Gasteiger partial charge in [-0.15, -0.1) is 0 Å². The van der Waals surface area contributed by atoms with Crippen LogP contribution in [0.3, 0.4) is 0 Å². The summed E-state index contributed by atoms with van der Waals surface area (Å²) < 4.78 is 12.9. The van der Waals surface area contributed by atoms with Crippen molar-refractivity contribution in [2.24, 2.45) is 0 Å². The smallest absolute Gasteiger partial charge is 0.253 e. The number of carbonyl (C=O) groups is 1. The average Bonchev–Trinajstić information content (AvgIpc) is 2.18. The van der Waals surface area contributed by atoms with Crippen LogP contribution in [0.2, 0.25) is 5.02 Å². The molecule has 0 aliphatic carbocycles. The van der Waals surface area contributed by atoms with E-state index in [4.69, 9.17) is 11.6 Å². The zero-order valence-electron chi connectivity index (χ0n) is 8.84. The number of hydrogen-bond donors (Lipinski definition) is 1. The summed E-state index contributed by atoms with van der Waals surface area (Å²) in [5, 5.41) is 3.07. The van der Waals surface area contributed by atoms with E-state index >= 15 is 0 Å². The Kier molecular flexibility index (Phi) is 3.12. The molecule has 0 bridgehead atoms. The molecule has 0 unspecified atom stereocenters. The second kappa shape index (κ2) is 4.39. The number of hydrogen-bond acceptors (Lipinski definition) is 2. The first kappa shape index (κ1) is 11.4. The molecule has 1 aromatic carbocycles. The molecule has 1 aliphatic rings. The number of nitrogens with zero attached hydrogens (tertiary/aromatic N) is 1. The summed E-state index contributed by atoms with van der Waals surface area (Å²) in [4.78, 5) is 13.6. The third-order valence-corrected chi connectivity index (χ3v) is 3.08. The van der Waals surface area contributed by atoms with Gasteiger partial charge in [-0.1, -0.05) is 11.6 Å². The van der Waals surface area contributed by atoms with Crippen molar-refractivity contribution < 1.29 is 9.18 Å². The van der Waals surface area contributed by atoms with Crippen molar-refractivity contribution in [3.63, 3.8) is 0 Å². The van der Waals surface area contributed by atoms with Gasteiger partial charge in [0.25, 0.3) is 5.91 Å². The maximum absolute atomic E-state index is 12.9. The van der Waals surface area contributed by atoms with Crippen molar-refractivity contribution in [1.29, 1.82) is 0 Å². The van der Waals surface area contributed by atoms with Crippen molar-refractivity contribution in [3.05, 3.63) is 34.6 Å². The Hall–Kier alpha value is -1.13. The first-order valence-corrected chi connectivity index (χ1v) is 5.40. The van der Waals surface area contributed by atoms with Crippen LogP contribution in [-0.4, -0.2) is 37.0 Å². The van der Waals surface area contributed by atoms with E-state index in [-0.39, 0.29) is 17.0 Å². The highest BCUT2D eigenvalue weighted by Gasteiger charge is 2.26. The monoisotopic (exact) mass is 242 g/mol. The van der Waals surface area contributed by atoms with Gasteiger partial charge in [-0.3, -0.25) is 4.79 Å². The second-order valence-electron chi connectivity index (χ2n) is 3.86. The van der Waals surface area contributed by atoms with E-state index in [0.717, 1.165) is 13.1 Å². The van der Waals surface area contributed by atoms with Crippen molar-refractivity contribution in [1.82, 2.24) is 10.2 Å². The lowest BCUT2D eigenvalue weighted by atomic mass is 10.1. The van der Waals surface area contributed by atoms with E-state index < -0.39 is 5.82 Å². The fraction of sp³-hybridized carbons (Fsp3) is 0.364. The first-order valence-electron chi connectivity index (χ1n) is 5.02. The highest BCUT2D eigenvalue weighted by atomic mass is 35.5. The van der Waals surface area contributed by atoms with Crippen LogP contribution in [0.25, 0.3) is 0 Å². The molecule has 1 amide bonds. The molecule has 0 spiro atoms. The number of halogens is 2. The van der Waals surface area contributed by atoms with E-state index in [1.54, 1.807) is 11.9 Å². The quantitative estimate of drug-likeness (QED) is 0.853. The van der Waals surface area contributed by atoms with Crippen molar-refractivity contribution in [2.75, 3.05) is 20.1 Å². The molecule has 2 rings (SSSR count). The van der Waals surface area contributed by atoms with Gasteiger partial charge in [-0.2, -0.15) is 0 Å². The van der Waals surface area contributed by atoms with Gasteiger partial charge in [0.2, 0.25) is 0 Å². The average molecular weight is 243 g/mol. The lowest BCUT2D eigenvalue weighted by molar-refractivity contribution is 0.0681. The van der Waals surface area contributed by atoms with Crippen molar-refractivity contribution in [3.8, 4) is 0 Å². The van der Waals surface area contributed by atoms with Crippen LogP contribution >= 0.6 is 11.6 Å². The van der Waals surface area contributed by atoms with Crippen LogP contribution in [0.5, 0.6) is 0 Å². The highest BCUT2D eigenvalue weighted by molar-refractivity contribution is 6.31. The number of benzene rings is 1. The minimum absolute atomic E-state index is 0.0222. The number of likely N-dealkylation sites (N-methyl/N-ethyl adjacent to an activating group) is 1. The van der Waals surface area contributed by atoms with Crippen LogP contribution in [0.1, 0.15) is 10.4 Å². The summed E-state index contributed by atoms with van der Waals surface area (Å²) in [6, 6.07) is 4.24. The first-order chi connectivity index (χ1) is 7.59. The van der Waals surface area contributed by atoms with Gasteiger partial charge < -0.3 is 10.2 Å². The molecule has 0 aromatic heterocycles. The van der Waals surface area contributed by atoms with Gasteiger partial charge >= 0.3 is 0 Å². The molecule has 1 saturated heterocycles. The Balaban J connectivity index is 2.16. The van der Waals surface area contributed by atoms with Crippen LogP contribution in [0.15, 0.2) is 18.2 Å². The predicted molar refractivity (Wildman–Crippen MR) is 60.2 cm³/mol. The Morgan fingerprint density at radius 2 is 2.25 bits per heavy atom. The lowest BCUT2D eigenvalue weighted by Crippen LogP contribution is -2.57. The van der Waals surface area contributed by atoms with E-state index in [9.17, 15) is 9.18 Å². The predicted octanol–water partition coefficient (Wildman–Crippen LogP) is 1.52. The van der Waals surface area contributed by atoms with Gasteiger partial charge in [-0.25, -0.2) is 4.39 Å². The molecule has 5 heteroatoms. The normalized spacial score (nSPS) is 15.7. The van der Waals surface area contributed by atoms with Crippen molar-refractivity contribution >= 4 is 17.5 Å². The van der Waals surface area contributed by atoms with Gasteiger partial charge in [0.05, 0.1) is 11.1 Å². The van der Waals surface area contributed by atoms with Gasteiger partial charge in [0.1, 0.15) is 5.82 Å². The lowest BCUT2D eigenvalue weighted by Gasteiger charge is -2.35. The van der Waals surface area contributed by atoms with Gasteiger partial charge in [-0.05, 0) is 18.2 Å². The molecule has 1 fully saturated rings. The summed E-state index contributed by atoms with van der Waals surface area (Å²) >= 11 is 5.63. The summed E-state index contributed by atoms with van der Waals surface area (Å²) in [5.74, 6) is -0.639. The Morgan fingerprint density at radius 1 is 1.56 bits per heavy atom. The van der Waals surface area contributed by atoms with E-state index in [2.05, 4.69) is 5.32 Å². The van der Waals surface area contributed by atoms with Crippen LogP contribution in [0, 0.1) is 5.82 Å². The molecular formula is C11H12ClFN2O. The third-order valence-electron chi connectivity index (χ3n) is 2.79. The standard InChI is InChI=1S/C11H12ClFN2O/c1-15(8-5-14-6-8)11(16)7-2-3-10(13)9(12)4-7/h2-4,8,14H,5-6H2,1H3. The minimum Gasteiger partial charge on any atom is -0.336 e. The Labute approximate surface area is 98.2 Å². The topological polar surface area (TPSA) is 32.3 Å². The van der Waals surface area contributed by atoms with E-state index in [1.807, 2.05) is 0 Å².